The fraction of sp³-hybridized carbons (Fsp3) is 0.400. The molecule has 0 aliphatic rings. The first-order valence-corrected chi connectivity index (χ1v) is 10.8. The van der Waals surface area contributed by atoms with Crippen LogP contribution in [0.2, 0.25) is 0 Å². The number of anilines is 1. The molecule has 1 heterocycles. The molecule has 0 N–H and O–H groups in total. The van der Waals surface area contributed by atoms with Gasteiger partial charge >= 0.3 is 5.97 Å². The molecular formula is C20H27N3O5S. The zero-order valence-electron chi connectivity index (χ0n) is 17.3. The molecule has 0 saturated heterocycles. The maximum absolute atomic E-state index is 12.7. The van der Waals surface area contributed by atoms with Crippen LogP contribution in [-0.2, 0) is 26.6 Å². The van der Waals surface area contributed by atoms with E-state index in [-0.39, 0.29) is 10.6 Å². The number of nitrogens with zero attached hydrogens (tertiary/aromatic N) is 3. The molecule has 1 unspecified atom stereocenters. The lowest BCUT2D eigenvalue weighted by atomic mass is 10.2. The van der Waals surface area contributed by atoms with Crippen molar-refractivity contribution in [3.63, 3.8) is 0 Å². The molecule has 2 rings (SSSR count). The second kappa shape index (κ2) is 9.23. The van der Waals surface area contributed by atoms with Crippen molar-refractivity contribution in [2.45, 2.75) is 31.8 Å². The van der Waals surface area contributed by atoms with Crippen LogP contribution in [0.15, 0.2) is 47.5 Å². The highest BCUT2D eigenvalue weighted by molar-refractivity contribution is 7.89. The van der Waals surface area contributed by atoms with Gasteiger partial charge in [-0.25, -0.2) is 13.2 Å². The van der Waals surface area contributed by atoms with Gasteiger partial charge in [-0.3, -0.25) is 4.79 Å². The van der Waals surface area contributed by atoms with Gasteiger partial charge in [0.25, 0.3) is 5.91 Å². The maximum Gasteiger partial charge on any atom is 0.355 e. The Kier molecular flexibility index (Phi) is 7.21. The Morgan fingerprint density at radius 2 is 1.72 bits per heavy atom. The van der Waals surface area contributed by atoms with Crippen molar-refractivity contribution >= 4 is 27.6 Å². The SMILES string of the molecule is CCN(CC)S(=O)(=O)c1cc(C(=O)OC(C)C(=O)N(C)c2ccccc2)n(C)c1. The molecule has 0 bridgehead atoms. The summed E-state index contributed by atoms with van der Waals surface area (Å²) in [5.74, 6) is -1.16. The average Bonchev–Trinajstić information content (AvgIpc) is 3.10. The molecule has 0 fully saturated rings. The number of likely N-dealkylation sites (N-methyl/N-ethyl adjacent to an activating group) is 1. The number of carbonyl (C=O) groups is 2. The van der Waals surface area contributed by atoms with Crippen LogP contribution < -0.4 is 4.90 Å². The summed E-state index contributed by atoms with van der Waals surface area (Å²) >= 11 is 0. The summed E-state index contributed by atoms with van der Waals surface area (Å²) in [6.45, 7) is 5.62. The van der Waals surface area contributed by atoms with E-state index in [1.165, 1.54) is 33.0 Å². The highest BCUT2D eigenvalue weighted by Gasteiger charge is 2.28. The van der Waals surface area contributed by atoms with Crippen LogP contribution in [0.25, 0.3) is 0 Å². The molecule has 9 heteroatoms. The van der Waals surface area contributed by atoms with Crippen molar-refractivity contribution in [2.24, 2.45) is 7.05 Å². The molecule has 29 heavy (non-hydrogen) atoms. The predicted octanol–water partition coefficient (Wildman–Crippen LogP) is 2.26. The summed E-state index contributed by atoms with van der Waals surface area (Å²) in [5, 5.41) is 0. The minimum Gasteiger partial charge on any atom is -0.448 e. The molecule has 1 aromatic heterocycles. The zero-order valence-corrected chi connectivity index (χ0v) is 18.1. The van der Waals surface area contributed by atoms with E-state index in [4.69, 9.17) is 4.74 Å². The van der Waals surface area contributed by atoms with Crippen molar-refractivity contribution in [2.75, 3.05) is 25.0 Å². The monoisotopic (exact) mass is 421 g/mol. The van der Waals surface area contributed by atoms with E-state index in [1.54, 1.807) is 52.2 Å². The van der Waals surface area contributed by atoms with Gasteiger partial charge in [0.05, 0.1) is 0 Å². The Balaban J connectivity index is 2.17. The lowest BCUT2D eigenvalue weighted by Crippen LogP contribution is -2.37. The van der Waals surface area contributed by atoms with Gasteiger partial charge in [0, 0.05) is 39.1 Å². The molecule has 158 valence electrons. The van der Waals surface area contributed by atoms with Crippen LogP contribution in [0.1, 0.15) is 31.3 Å². The van der Waals surface area contributed by atoms with Gasteiger partial charge < -0.3 is 14.2 Å². The van der Waals surface area contributed by atoms with Crippen LogP contribution in [0.3, 0.4) is 0 Å². The van der Waals surface area contributed by atoms with E-state index in [1.807, 2.05) is 6.07 Å². The lowest BCUT2D eigenvalue weighted by molar-refractivity contribution is -0.126. The zero-order chi connectivity index (χ0) is 21.8. The molecule has 1 aromatic carbocycles. The lowest BCUT2D eigenvalue weighted by Gasteiger charge is -2.21. The standard InChI is InChI=1S/C20H27N3O5S/c1-6-23(7-2)29(26,27)17-13-18(21(4)14-17)20(25)28-15(3)19(24)22(5)16-11-9-8-10-12-16/h8-15H,6-7H2,1-5H3. The Labute approximate surface area is 171 Å². The van der Waals surface area contributed by atoms with Gasteiger partial charge in [0.1, 0.15) is 10.6 Å². The number of aryl methyl sites for hydroxylation is 1. The van der Waals surface area contributed by atoms with Crippen molar-refractivity contribution < 1.29 is 22.7 Å². The van der Waals surface area contributed by atoms with Crippen LogP contribution in [0.4, 0.5) is 5.69 Å². The van der Waals surface area contributed by atoms with Gasteiger partial charge in [-0.1, -0.05) is 32.0 Å². The number of ether oxygens (including phenoxy) is 1. The number of amides is 1. The number of para-hydroxylation sites is 1. The number of hydrogen-bond donors (Lipinski definition) is 0. The summed E-state index contributed by atoms with van der Waals surface area (Å²) < 4.78 is 33.3. The normalized spacial score (nSPS) is 12.6. The number of rotatable bonds is 8. The molecule has 0 spiro atoms. The number of hydrogen-bond acceptors (Lipinski definition) is 5. The van der Waals surface area contributed by atoms with Gasteiger partial charge in [0.15, 0.2) is 6.10 Å². The van der Waals surface area contributed by atoms with E-state index in [2.05, 4.69) is 0 Å². The van der Waals surface area contributed by atoms with Gasteiger partial charge in [0.2, 0.25) is 10.0 Å². The highest BCUT2D eigenvalue weighted by Crippen LogP contribution is 2.20. The molecule has 1 amide bonds. The number of carbonyl (C=O) groups excluding carboxylic acids is 2. The topological polar surface area (TPSA) is 88.9 Å². The van der Waals surface area contributed by atoms with E-state index in [9.17, 15) is 18.0 Å². The molecule has 0 aliphatic heterocycles. The van der Waals surface area contributed by atoms with Crippen LogP contribution >= 0.6 is 0 Å². The summed E-state index contributed by atoms with van der Waals surface area (Å²) in [6, 6.07) is 10.3. The molecule has 0 saturated carbocycles. The largest absolute Gasteiger partial charge is 0.448 e. The van der Waals surface area contributed by atoms with Crippen molar-refractivity contribution in [1.82, 2.24) is 8.87 Å². The first-order chi connectivity index (χ1) is 13.6. The predicted molar refractivity (Wildman–Crippen MR) is 110 cm³/mol. The van der Waals surface area contributed by atoms with E-state index >= 15 is 0 Å². The molecule has 2 aromatic rings. The second-order valence-electron chi connectivity index (χ2n) is 6.54. The van der Waals surface area contributed by atoms with Gasteiger partial charge in [-0.05, 0) is 25.1 Å². The Morgan fingerprint density at radius 3 is 2.28 bits per heavy atom. The highest BCUT2D eigenvalue weighted by atomic mass is 32.2. The van der Waals surface area contributed by atoms with E-state index in [0.717, 1.165) is 0 Å². The second-order valence-corrected chi connectivity index (χ2v) is 8.48. The Hall–Kier alpha value is -2.65. The molecule has 8 nitrogen and oxygen atoms in total. The number of esters is 1. The Morgan fingerprint density at radius 1 is 1.14 bits per heavy atom. The van der Waals surface area contributed by atoms with Gasteiger partial charge in [-0.2, -0.15) is 4.31 Å². The number of aromatic nitrogens is 1. The molecular weight excluding hydrogens is 394 g/mol. The van der Waals surface area contributed by atoms with Crippen LogP contribution in [0, 0.1) is 0 Å². The van der Waals surface area contributed by atoms with E-state index in [0.29, 0.717) is 18.8 Å². The van der Waals surface area contributed by atoms with Crippen LogP contribution in [0.5, 0.6) is 0 Å². The fourth-order valence-electron chi connectivity index (χ4n) is 2.91. The molecule has 1 atom stereocenters. The van der Waals surface area contributed by atoms with Crippen molar-refractivity contribution in [3.8, 4) is 0 Å². The van der Waals surface area contributed by atoms with Crippen molar-refractivity contribution in [3.05, 3.63) is 48.3 Å². The molecule has 0 radical (unpaired) electrons. The third-order valence-electron chi connectivity index (χ3n) is 4.64. The summed E-state index contributed by atoms with van der Waals surface area (Å²) in [7, 11) is -0.549. The number of benzene rings is 1. The van der Waals surface area contributed by atoms with E-state index < -0.39 is 28.0 Å². The first kappa shape index (κ1) is 22.6. The third-order valence-corrected chi connectivity index (χ3v) is 6.65. The Bertz CT molecular complexity index is 965. The smallest absolute Gasteiger partial charge is 0.355 e. The summed E-state index contributed by atoms with van der Waals surface area (Å²) in [4.78, 5) is 26.5. The average molecular weight is 422 g/mol. The van der Waals surface area contributed by atoms with Gasteiger partial charge in [-0.15, -0.1) is 0 Å². The van der Waals surface area contributed by atoms with Crippen LogP contribution in [-0.4, -0.2) is 55.4 Å². The minimum absolute atomic E-state index is 0.0102. The molecule has 0 aliphatic carbocycles. The maximum atomic E-state index is 12.7. The van der Waals surface area contributed by atoms with Crippen molar-refractivity contribution in [1.29, 1.82) is 0 Å². The quantitative estimate of drug-likeness (QED) is 0.610. The first-order valence-electron chi connectivity index (χ1n) is 9.33. The summed E-state index contributed by atoms with van der Waals surface area (Å²) in [5.41, 5.74) is 0.726. The fourth-order valence-corrected chi connectivity index (χ4v) is 4.44. The summed E-state index contributed by atoms with van der Waals surface area (Å²) in [6.07, 6.45) is 0.331. The minimum atomic E-state index is -3.70. The third kappa shape index (κ3) is 4.86. The number of sulfonamides is 1.